The second-order valence-electron chi connectivity index (χ2n) is 6.30. The van der Waals surface area contributed by atoms with Gasteiger partial charge in [0.2, 0.25) is 0 Å². The maximum Gasteiger partial charge on any atom is 0.124 e. The Morgan fingerprint density at radius 3 is 2.89 bits per heavy atom. The highest BCUT2D eigenvalue weighted by atomic mass is 19.1. The van der Waals surface area contributed by atoms with Crippen molar-refractivity contribution >= 4 is 0 Å². The van der Waals surface area contributed by atoms with Gasteiger partial charge in [0.05, 0.1) is 11.6 Å². The molecule has 0 aromatic heterocycles. The van der Waals surface area contributed by atoms with Crippen LogP contribution in [-0.2, 0) is 6.54 Å². The molecule has 1 N–H and O–H groups in total. The molecule has 0 radical (unpaired) electrons. The molecule has 2 nitrogen and oxygen atoms in total. The average molecular weight is 260 g/mol. The molecule has 1 atom stereocenters. The molecule has 19 heavy (non-hydrogen) atoms. The molecule has 2 rings (SSSR count). The summed E-state index contributed by atoms with van der Waals surface area (Å²) in [6, 6.07) is 7.02. The minimum atomic E-state index is -0.333. The molecule has 1 saturated carbocycles. The van der Waals surface area contributed by atoms with Crippen LogP contribution in [0.1, 0.15) is 50.7 Å². The van der Waals surface area contributed by atoms with E-state index in [2.05, 4.69) is 19.2 Å². The number of benzene rings is 1. The number of rotatable bonds is 3. The van der Waals surface area contributed by atoms with Crippen LogP contribution in [0.5, 0.6) is 0 Å². The lowest BCUT2D eigenvalue weighted by molar-refractivity contribution is 0.197. The van der Waals surface area contributed by atoms with Gasteiger partial charge in [-0.3, -0.25) is 0 Å². The van der Waals surface area contributed by atoms with Gasteiger partial charge in [-0.2, -0.15) is 5.26 Å². The van der Waals surface area contributed by atoms with Gasteiger partial charge in [0, 0.05) is 12.6 Å². The third-order valence-electron chi connectivity index (χ3n) is 3.89. The second-order valence-corrected chi connectivity index (χ2v) is 6.30. The van der Waals surface area contributed by atoms with Gasteiger partial charge in [-0.1, -0.05) is 20.3 Å². The predicted molar refractivity (Wildman–Crippen MR) is 74.0 cm³/mol. The largest absolute Gasteiger partial charge is 0.310 e. The minimum Gasteiger partial charge on any atom is -0.310 e. The molecule has 1 aliphatic rings. The molecule has 1 aromatic carbocycles. The van der Waals surface area contributed by atoms with Gasteiger partial charge in [0.15, 0.2) is 0 Å². The van der Waals surface area contributed by atoms with E-state index in [4.69, 9.17) is 5.26 Å². The first-order valence-electron chi connectivity index (χ1n) is 6.91. The molecule has 0 spiro atoms. The molecule has 0 bridgehead atoms. The lowest BCUT2D eigenvalue weighted by Gasteiger charge is -2.35. The Balaban J connectivity index is 1.95. The zero-order chi connectivity index (χ0) is 13.9. The first-order valence-corrected chi connectivity index (χ1v) is 6.91. The third-order valence-corrected chi connectivity index (χ3v) is 3.89. The van der Waals surface area contributed by atoms with Crippen molar-refractivity contribution in [3.8, 4) is 6.07 Å². The molecule has 3 heteroatoms. The molecule has 0 amide bonds. The van der Waals surface area contributed by atoms with E-state index in [1.807, 2.05) is 6.07 Å². The van der Waals surface area contributed by atoms with Gasteiger partial charge in [-0.15, -0.1) is 0 Å². The molecule has 1 aromatic rings. The van der Waals surface area contributed by atoms with Gasteiger partial charge in [0.1, 0.15) is 5.82 Å². The quantitative estimate of drug-likeness (QED) is 0.898. The van der Waals surface area contributed by atoms with Crippen molar-refractivity contribution in [3.05, 3.63) is 35.1 Å². The Labute approximate surface area is 114 Å². The molecule has 1 fully saturated rings. The highest BCUT2D eigenvalue weighted by Gasteiger charge is 2.27. The smallest absolute Gasteiger partial charge is 0.124 e. The van der Waals surface area contributed by atoms with E-state index in [9.17, 15) is 4.39 Å². The highest BCUT2D eigenvalue weighted by molar-refractivity contribution is 5.33. The topological polar surface area (TPSA) is 35.8 Å². The normalized spacial score (nSPS) is 21.9. The van der Waals surface area contributed by atoms with Crippen LogP contribution in [0.2, 0.25) is 0 Å². The fourth-order valence-corrected chi connectivity index (χ4v) is 2.95. The summed E-state index contributed by atoms with van der Waals surface area (Å²) in [5.74, 6) is -0.333. The molecule has 0 saturated heterocycles. The molecule has 0 heterocycles. The number of hydrogen-bond donors (Lipinski definition) is 1. The van der Waals surface area contributed by atoms with E-state index in [-0.39, 0.29) is 5.82 Å². The van der Waals surface area contributed by atoms with Crippen molar-refractivity contribution < 1.29 is 4.39 Å². The van der Waals surface area contributed by atoms with Crippen LogP contribution in [0, 0.1) is 22.6 Å². The van der Waals surface area contributed by atoms with E-state index < -0.39 is 0 Å². The van der Waals surface area contributed by atoms with Crippen LogP contribution in [-0.4, -0.2) is 6.04 Å². The predicted octanol–water partition coefficient (Wildman–Crippen LogP) is 3.76. The minimum absolute atomic E-state index is 0.333. The maximum atomic E-state index is 13.3. The Kier molecular flexibility index (Phi) is 4.21. The van der Waals surface area contributed by atoms with Crippen LogP contribution < -0.4 is 5.32 Å². The van der Waals surface area contributed by atoms with Crippen molar-refractivity contribution in [2.45, 2.75) is 52.1 Å². The molecular formula is C16H21FN2. The van der Waals surface area contributed by atoms with Crippen molar-refractivity contribution in [3.63, 3.8) is 0 Å². The number of nitrogens with one attached hydrogen (secondary N) is 1. The summed E-state index contributed by atoms with van der Waals surface area (Å²) in [5, 5.41) is 12.3. The molecule has 0 aliphatic heterocycles. The molecular weight excluding hydrogens is 239 g/mol. The monoisotopic (exact) mass is 260 g/mol. The van der Waals surface area contributed by atoms with Crippen molar-refractivity contribution in [1.82, 2.24) is 5.32 Å². The highest BCUT2D eigenvalue weighted by Crippen LogP contribution is 2.35. The number of nitrogens with zero attached hydrogens (tertiary/aromatic N) is 1. The summed E-state index contributed by atoms with van der Waals surface area (Å²) in [5.41, 5.74) is 1.64. The van der Waals surface area contributed by atoms with Gasteiger partial charge in [-0.05, 0) is 48.4 Å². The summed E-state index contributed by atoms with van der Waals surface area (Å²) in [6.45, 7) is 5.24. The van der Waals surface area contributed by atoms with Gasteiger partial charge < -0.3 is 5.32 Å². The Morgan fingerprint density at radius 1 is 1.42 bits per heavy atom. The molecule has 1 aliphatic carbocycles. The Bertz CT molecular complexity index is 488. The van der Waals surface area contributed by atoms with Crippen molar-refractivity contribution in [2.75, 3.05) is 0 Å². The van der Waals surface area contributed by atoms with Gasteiger partial charge >= 0.3 is 0 Å². The average Bonchev–Trinajstić information content (AvgIpc) is 2.34. The first-order chi connectivity index (χ1) is 8.98. The summed E-state index contributed by atoms with van der Waals surface area (Å²) >= 11 is 0. The van der Waals surface area contributed by atoms with Crippen molar-refractivity contribution in [2.24, 2.45) is 5.41 Å². The van der Waals surface area contributed by atoms with E-state index >= 15 is 0 Å². The first kappa shape index (κ1) is 14.0. The van der Waals surface area contributed by atoms with Gasteiger partial charge in [-0.25, -0.2) is 4.39 Å². The van der Waals surface area contributed by atoms with E-state index in [1.165, 1.54) is 31.4 Å². The fraction of sp³-hybridized carbons (Fsp3) is 0.562. The summed E-state index contributed by atoms with van der Waals surface area (Å²) < 4.78 is 13.3. The lowest BCUT2D eigenvalue weighted by atomic mass is 9.75. The zero-order valence-electron chi connectivity index (χ0n) is 11.7. The molecule has 1 unspecified atom stereocenters. The summed E-state index contributed by atoms with van der Waals surface area (Å²) in [6.07, 6.45) is 4.87. The number of hydrogen-bond acceptors (Lipinski definition) is 2. The van der Waals surface area contributed by atoms with Gasteiger partial charge in [0.25, 0.3) is 0 Å². The van der Waals surface area contributed by atoms with Crippen LogP contribution in [0.15, 0.2) is 18.2 Å². The third kappa shape index (κ3) is 4.04. The Hall–Kier alpha value is -1.40. The Morgan fingerprint density at radius 2 is 2.21 bits per heavy atom. The SMILES string of the molecule is CC1(C)CCCC(NCc2cc(F)cc(C#N)c2)C1. The van der Waals surface area contributed by atoms with Crippen LogP contribution in [0.25, 0.3) is 0 Å². The van der Waals surface area contributed by atoms with E-state index in [1.54, 1.807) is 6.07 Å². The maximum absolute atomic E-state index is 13.3. The fourth-order valence-electron chi connectivity index (χ4n) is 2.95. The zero-order valence-corrected chi connectivity index (χ0v) is 11.7. The van der Waals surface area contributed by atoms with Crippen LogP contribution in [0.3, 0.4) is 0 Å². The second kappa shape index (κ2) is 5.71. The van der Waals surface area contributed by atoms with E-state index in [0.717, 1.165) is 12.0 Å². The van der Waals surface area contributed by atoms with E-state index in [0.29, 0.717) is 23.6 Å². The number of nitriles is 1. The lowest BCUT2D eigenvalue weighted by Crippen LogP contribution is -2.36. The van der Waals surface area contributed by atoms with Crippen molar-refractivity contribution in [1.29, 1.82) is 5.26 Å². The standard InChI is InChI=1S/C16H21FN2/c1-16(2)5-3-4-15(9-16)19-11-13-6-12(10-18)7-14(17)8-13/h6-8,15,19H,3-5,9,11H2,1-2H3. The summed E-state index contributed by atoms with van der Waals surface area (Å²) in [4.78, 5) is 0. The van der Waals surface area contributed by atoms with Crippen LogP contribution in [0.4, 0.5) is 4.39 Å². The summed E-state index contributed by atoms with van der Waals surface area (Å²) in [7, 11) is 0. The number of halogens is 1. The molecule has 102 valence electrons. The van der Waals surface area contributed by atoms with Crippen LogP contribution >= 0.6 is 0 Å².